The highest BCUT2D eigenvalue weighted by molar-refractivity contribution is 5.29. The molecule has 2 nitrogen and oxygen atoms in total. The van der Waals surface area contributed by atoms with Crippen LogP contribution in [0.15, 0.2) is 18.2 Å². The molecule has 19 heavy (non-hydrogen) atoms. The number of hydrogen-bond donors (Lipinski definition) is 1. The highest BCUT2D eigenvalue weighted by Crippen LogP contribution is 2.39. The summed E-state index contributed by atoms with van der Waals surface area (Å²) >= 11 is 0. The summed E-state index contributed by atoms with van der Waals surface area (Å²) in [7, 11) is 0. The maximum Gasteiger partial charge on any atom is 0.126 e. The minimum Gasteiger partial charge on any atom is -0.487 e. The van der Waals surface area contributed by atoms with Gasteiger partial charge in [0.2, 0.25) is 0 Å². The van der Waals surface area contributed by atoms with Crippen molar-refractivity contribution >= 4 is 0 Å². The standard InChI is InChI=1S/C16H24FNO/c1-12(2)18-10-9-16(7-4-8-16)19-14-5-6-15(17)13(3)11-14/h5-6,11-12,18H,4,7-10H2,1-3H3. The van der Waals surface area contributed by atoms with E-state index in [1.54, 1.807) is 19.1 Å². The molecule has 0 spiro atoms. The van der Waals surface area contributed by atoms with E-state index in [9.17, 15) is 4.39 Å². The molecule has 0 atom stereocenters. The molecule has 106 valence electrons. The maximum absolute atomic E-state index is 13.3. The molecule has 0 saturated heterocycles. The summed E-state index contributed by atoms with van der Waals surface area (Å²) in [5, 5.41) is 3.44. The lowest BCUT2D eigenvalue weighted by Gasteiger charge is -2.42. The quantitative estimate of drug-likeness (QED) is 0.844. The van der Waals surface area contributed by atoms with Crippen LogP contribution >= 0.6 is 0 Å². The number of rotatable bonds is 6. The molecule has 0 radical (unpaired) electrons. The van der Waals surface area contributed by atoms with Gasteiger partial charge < -0.3 is 10.1 Å². The second-order valence-corrected chi connectivity index (χ2v) is 5.91. The molecule has 3 heteroatoms. The summed E-state index contributed by atoms with van der Waals surface area (Å²) in [6.45, 7) is 7.04. The summed E-state index contributed by atoms with van der Waals surface area (Å²) in [6, 6.07) is 5.53. The Kier molecular flexibility index (Phi) is 4.46. The Bertz CT molecular complexity index is 427. The fraction of sp³-hybridized carbons (Fsp3) is 0.625. The van der Waals surface area contributed by atoms with Crippen molar-refractivity contribution in [2.45, 2.75) is 58.1 Å². The maximum atomic E-state index is 13.3. The van der Waals surface area contributed by atoms with E-state index in [2.05, 4.69) is 19.2 Å². The number of ether oxygens (including phenoxy) is 1. The zero-order chi connectivity index (χ0) is 13.9. The number of benzene rings is 1. The van der Waals surface area contributed by atoms with Crippen LogP contribution in [0.25, 0.3) is 0 Å². The summed E-state index contributed by atoms with van der Waals surface area (Å²) < 4.78 is 19.4. The van der Waals surface area contributed by atoms with Gasteiger partial charge >= 0.3 is 0 Å². The third-order valence-corrected chi connectivity index (χ3v) is 3.86. The van der Waals surface area contributed by atoms with E-state index in [0.717, 1.165) is 31.6 Å². The highest BCUT2D eigenvalue weighted by Gasteiger charge is 2.38. The average Bonchev–Trinajstić information content (AvgIpc) is 2.30. The van der Waals surface area contributed by atoms with E-state index in [1.165, 1.54) is 12.5 Å². The Balaban J connectivity index is 1.95. The minimum atomic E-state index is -0.170. The summed E-state index contributed by atoms with van der Waals surface area (Å²) in [4.78, 5) is 0. The Morgan fingerprint density at radius 3 is 2.63 bits per heavy atom. The van der Waals surface area contributed by atoms with Crippen LogP contribution in [0.1, 0.15) is 45.1 Å². The van der Waals surface area contributed by atoms with Crippen molar-refractivity contribution in [2.24, 2.45) is 0 Å². The fourth-order valence-electron chi connectivity index (χ4n) is 2.49. The molecule has 0 heterocycles. The number of aryl methyl sites for hydroxylation is 1. The van der Waals surface area contributed by atoms with Gasteiger partial charge in [0, 0.05) is 6.04 Å². The van der Waals surface area contributed by atoms with Crippen molar-refractivity contribution in [3.8, 4) is 5.75 Å². The largest absolute Gasteiger partial charge is 0.487 e. The molecule has 0 aromatic heterocycles. The van der Waals surface area contributed by atoms with Crippen LogP contribution in [-0.4, -0.2) is 18.2 Å². The van der Waals surface area contributed by atoms with Gasteiger partial charge in [0.15, 0.2) is 0 Å². The van der Waals surface area contributed by atoms with Gasteiger partial charge in [-0.2, -0.15) is 0 Å². The highest BCUT2D eigenvalue weighted by atomic mass is 19.1. The number of nitrogens with one attached hydrogen (secondary N) is 1. The molecule has 0 bridgehead atoms. The van der Waals surface area contributed by atoms with Crippen molar-refractivity contribution in [1.29, 1.82) is 0 Å². The van der Waals surface area contributed by atoms with Gasteiger partial charge in [0.25, 0.3) is 0 Å². The molecule has 0 aliphatic heterocycles. The predicted octanol–water partition coefficient (Wildman–Crippen LogP) is 3.82. The van der Waals surface area contributed by atoms with Crippen LogP contribution in [0.5, 0.6) is 5.75 Å². The first kappa shape index (κ1) is 14.3. The zero-order valence-electron chi connectivity index (χ0n) is 12.1. The van der Waals surface area contributed by atoms with Crippen molar-refractivity contribution < 1.29 is 9.13 Å². The summed E-state index contributed by atoms with van der Waals surface area (Å²) in [5.41, 5.74) is 0.610. The summed E-state index contributed by atoms with van der Waals surface area (Å²) in [6.07, 6.45) is 4.44. The van der Waals surface area contributed by atoms with Crippen LogP contribution in [0, 0.1) is 12.7 Å². The van der Waals surface area contributed by atoms with Gasteiger partial charge in [0.05, 0.1) is 0 Å². The van der Waals surface area contributed by atoms with E-state index in [-0.39, 0.29) is 11.4 Å². The van der Waals surface area contributed by atoms with Crippen LogP contribution in [0.4, 0.5) is 4.39 Å². The Labute approximate surface area is 115 Å². The summed E-state index contributed by atoms with van der Waals surface area (Å²) in [5.74, 6) is 0.625. The van der Waals surface area contributed by atoms with Crippen LogP contribution in [0.3, 0.4) is 0 Å². The smallest absolute Gasteiger partial charge is 0.126 e. The molecular formula is C16H24FNO. The molecule has 1 fully saturated rings. The molecule has 1 saturated carbocycles. The Morgan fingerprint density at radius 2 is 2.11 bits per heavy atom. The lowest BCUT2D eigenvalue weighted by Crippen LogP contribution is -2.46. The molecule has 1 aromatic rings. The predicted molar refractivity (Wildman–Crippen MR) is 76.1 cm³/mol. The third kappa shape index (κ3) is 3.69. The van der Waals surface area contributed by atoms with Crippen LogP contribution in [0.2, 0.25) is 0 Å². The second-order valence-electron chi connectivity index (χ2n) is 5.91. The van der Waals surface area contributed by atoms with Gasteiger partial charge in [-0.15, -0.1) is 0 Å². The molecule has 2 rings (SSSR count). The molecule has 0 amide bonds. The monoisotopic (exact) mass is 265 g/mol. The van der Waals surface area contributed by atoms with Crippen molar-refractivity contribution in [3.63, 3.8) is 0 Å². The van der Waals surface area contributed by atoms with Crippen LogP contribution in [-0.2, 0) is 0 Å². The third-order valence-electron chi connectivity index (χ3n) is 3.86. The van der Waals surface area contributed by atoms with E-state index < -0.39 is 0 Å². The fourth-order valence-corrected chi connectivity index (χ4v) is 2.49. The first-order valence-corrected chi connectivity index (χ1v) is 7.19. The molecule has 1 aliphatic rings. The SMILES string of the molecule is Cc1cc(OC2(CCNC(C)C)CCC2)ccc1F. The van der Waals surface area contributed by atoms with Crippen molar-refractivity contribution in [2.75, 3.05) is 6.54 Å². The van der Waals surface area contributed by atoms with E-state index >= 15 is 0 Å². The van der Waals surface area contributed by atoms with E-state index in [0.29, 0.717) is 11.6 Å². The lowest BCUT2D eigenvalue weighted by molar-refractivity contribution is -0.0146. The zero-order valence-corrected chi connectivity index (χ0v) is 12.1. The second kappa shape index (κ2) is 5.91. The minimum absolute atomic E-state index is 0.0356. The lowest BCUT2D eigenvalue weighted by atomic mass is 9.77. The number of hydrogen-bond acceptors (Lipinski definition) is 2. The molecule has 1 aromatic carbocycles. The Morgan fingerprint density at radius 1 is 1.37 bits per heavy atom. The molecule has 1 aliphatic carbocycles. The van der Waals surface area contributed by atoms with E-state index in [1.807, 2.05) is 0 Å². The van der Waals surface area contributed by atoms with Crippen molar-refractivity contribution in [3.05, 3.63) is 29.6 Å². The van der Waals surface area contributed by atoms with Crippen molar-refractivity contribution in [1.82, 2.24) is 5.32 Å². The average molecular weight is 265 g/mol. The molecule has 0 unspecified atom stereocenters. The molecule has 1 N–H and O–H groups in total. The number of halogens is 1. The topological polar surface area (TPSA) is 21.3 Å². The first-order chi connectivity index (χ1) is 9.01. The normalized spacial score (nSPS) is 17.3. The van der Waals surface area contributed by atoms with Crippen LogP contribution < -0.4 is 10.1 Å². The van der Waals surface area contributed by atoms with Gasteiger partial charge in [-0.1, -0.05) is 13.8 Å². The van der Waals surface area contributed by atoms with Gasteiger partial charge in [-0.05, 0) is 62.9 Å². The van der Waals surface area contributed by atoms with Gasteiger partial charge in [0.1, 0.15) is 17.2 Å². The Hall–Kier alpha value is -1.09. The van der Waals surface area contributed by atoms with Gasteiger partial charge in [-0.3, -0.25) is 0 Å². The molecular weight excluding hydrogens is 241 g/mol. The van der Waals surface area contributed by atoms with E-state index in [4.69, 9.17) is 4.74 Å². The van der Waals surface area contributed by atoms with Gasteiger partial charge in [-0.25, -0.2) is 4.39 Å². The first-order valence-electron chi connectivity index (χ1n) is 7.19.